The molecular weight excluding hydrogens is 248 g/mol. The molecule has 1 aromatic carbocycles. The van der Waals surface area contributed by atoms with E-state index in [0.29, 0.717) is 21.9 Å². The molecule has 1 aliphatic carbocycles. The molecule has 0 fully saturated rings. The van der Waals surface area contributed by atoms with Crippen molar-refractivity contribution in [3.05, 3.63) is 64.7 Å². The average molecular weight is 257 g/mol. The summed E-state index contributed by atoms with van der Waals surface area (Å²) in [6.07, 6.45) is 4.78. The standard InChI is InChI=1S/C14H9ClN2O/c15-14-8-11(17-18)6-7-12(14)13(9-16)10-4-2-1-3-5-10/h1-8,18H/b13-12-,17-11-. The summed E-state index contributed by atoms with van der Waals surface area (Å²) in [5.41, 5.74) is 2.27. The highest BCUT2D eigenvalue weighted by atomic mass is 35.5. The summed E-state index contributed by atoms with van der Waals surface area (Å²) < 4.78 is 0. The van der Waals surface area contributed by atoms with Crippen LogP contribution in [0.5, 0.6) is 0 Å². The van der Waals surface area contributed by atoms with Gasteiger partial charge in [0.1, 0.15) is 11.8 Å². The topological polar surface area (TPSA) is 56.4 Å². The Labute approximate surface area is 110 Å². The second-order valence-corrected chi connectivity index (χ2v) is 4.02. The minimum Gasteiger partial charge on any atom is -0.410 e. The van der Waals surface area contributed by atoms with E-state index in [1.807, 2.05) is 30.3 Å². The molecule has 0 aliphatic heterocycles. The Hall–Kier alpha value is -2.31. The number of nitrogens with zero attached hydrogens (tertiary/aromatic N) is 2. The van der Waals surface area contributed by atoms with E-state index >= 15 is 0 Å². The first-order valence-corrected chi connectivity index (χ1v) is 5.61. The lowest BCUT2D eigenvalue weighted by molar-refractivity contribution is 0.320. The number of hydrogen-bond acceptors (Lipinski definition) is 3. The van der Waals surface area contributed by atoms with E-state index in [4.69, 9.17) is 16.8 Å². The fraction of sp³-hybridized carbons (Fsp3) is 0. The zero-order valence-corrected chi connectivity index (χ0v) is 10.1. The molecule has 0 saturated carbocycles. The van der Waals surface area contributed by atoms with Crippen molar-refractivity contribution < 1.29 is 5.21 Å². The lowest BCUT2D eigenvalue weighted by atomic mass is 9.97. The first kappa shape index (κ1) is 12.2. The van der Waals surface area contributed by atoms with Crippen LogP contribution >= 0.6 is 11.6 Å². The summed E-state index contributed by atoms with van der Waals surface area (Å²) in [6.45, 7) is 0. The van der Waals surface area contributed by atoms with Crippen LogP contribution < -0.4 is 0 Å². The number of allylic oxidation sites excluding steroid dienone is 6. The van der Waals surface area contributed by atoms with E-state index in [-0.39, 0.29) is 0 Å². The van der Waals surface area contributed by atoms with E-state index in [1.54, 1.807) is 12.2 Å². The smallest absolute Gasteiger partial charge is 0.104 e. The van der Waals surface area contributed by atoms with E-state index < -0.39 is 0 Å². The Balaban J connectivity index is 2.55. The molecule has 0 heterocycles. The van der Waals surface area contributed by atoms with Crippen LogP contribution in [-0.4, -0.2) is 10.9 Å². The number of hydrogen-bond donors (Lipinski definition) is 1. The molecule has 0 unspecified atom stereocenters. The van der Waals surface area contributed by atoms with Crippen LogP contribution in [0.1, 0.15) is 5.56 Å². The maximum Gasteiger partial charge on any atom is 0.104 e. The van der Waals surface area contributed by atoms with Crippen molar-refractivity contribution in [2.45, 2.75) is 0 Å². The summed E-state index contributed by atoms with van der Waals surface area (Å²) in [5, 5.41) is 21.4. The van der Waals surface area contributed by atoms with Gasteiger partial charge in [-0.1, -0.05) is 47.1 Å². The summed E-state index contributed by atoms with van der Waals surface area (Å²) in [6, 6.07) is 11.4. The fourth-order valence-electron chi connectivity index (χ4n) is 1.65. The zero-order chi connectivity index (χ0) is 13.0. The summed E-state index contributed by atoms with van der Waals surface area (Å²) >= 11 is 6.09. The third-order valence-corrected chi connectivity index (χ3v) is 2.82. The minimum absolute atomic E-state index is 0.356. The molecule has 0 aromatic heterocycles. The Morgan fingerprint density at radius 2 is 1.94 bits per heavy atom. The van der Waals surface area contributed by atoms with E-state index in [9.17, 15) is 5.26 Å². The lowest BCUT2D eigenvalue weighted by Crippen LogP contribution is -1.99. The van der Waals surface area contributed by atoms with Crippen molar-refractivity contribution in [3.63, 3.8) is 0 Å². The van der Waals surface area contributed by atoms with Crippen LogP contribution in [0.15, 0.2) is 64.3 Å². The van der Waals surface area contributed by atoms with Gasteiger partial charge in [-0.05, 0) is 23.8 Å². The number of nitriles is 1. The van der Waals surface area contributed by atoms with Crippen LogP contribution in [0, 0.1) is 11.3 Å². The van der Waals surface area contributed by atoms with Gasteiger partial charge in [-0.15, -0.1) is 0 Å². The first-order valence-electron chi connectivity index (χ1n) is 5.23. The van der Waals surface area contributed by atoms with Crippen LogP contribution in [0.2, 0.25) is 0 Å². The Morgan fingerprint density at radius 1 is 1.22 bits per heavy atom. The minimum atomic E-state index is 0.356. The molecule has 0 bridgehead atoms. The highest BCUT2D eigenvalue weighted by Crippen LogP contribution is 2.29. The van der Waals surface area contributed by atoms with Crippen molar-refractivity contribution in [1.82, 2.24) is 0 Å². The molecule has 88 valence electrons. The molecule has 18 heavy (non-hydrogen) atoms. The molecule has 0 saturated heterocycles. The summed E-state index contributed by atoms with van der Waals surface area (Å²) in [4.78, 5) is 0. The Bertz CT molecular complexity index is 619. The highest BCUT2D eigenvalue weighted by Gasteiger charge is 2.13. The predicted molar refractivity (Wildman–Crippen MR) is 71.3 cm³/mol. The zero-order valence-electron chi connectivity index (χ0n) is 9.34. The summed E-state index contributed by atoms with van der Waals surface area (Å²) in [5.74, 6) is 0. The molecule has 2 rings (SSSR count). The molecule has 1 N–H and O–H groups in total. The third-order valence-electron chi connectivity index (χ3n) is 2.51. The number of benzene rings is 1. The molecule has 3 nitrogen and oxygen atoms in total. The van der Waals surface area contributed by atoms with E-state index in [2.05, 4.69) is 11.2 Å². The maximum absolute atomic E-state index is 9.27. The Kier molecular flexibility index (Phi) is 3.61. The van der Waals surface area contributed by atoms with Crippen molar-refractivity contribution in [3.8, 4) is 6.07 Å². The summed E-state index contributed by atoms with van der Waals surface area (Å²) in [7, 11) is 0. The Morgan fingerprint density at radius 3 is 2.50 bits per heavy atom. The number of oxime groups is 1. The van der Waals surface area contributed by atoms with Gasteiger partial charge in [0, 0.05) is 5.57 Å². The molecule has 0 radical (unpaired) electrons. The molecule has 4 heteroatoms. The van der Waals surface area contributed by atoms with Gasteiger partial charge in [0.2, 0.25) is 0 Å². The predicted octanol–water partition coefficient (Wildman–Crippen LogP) is 3.49. The van der Waals surface area contributed by atoms with Gasteiger partial charge in [0.25, 0.3) is 0 Å². The molecule has 0 amide bonds. The van der Waals surface area contributed by atoms with Crippen LogP contribution in [0.3, 0.4) is 0 Å². The largest absolute Gasteiger partial charge is 0.410 e. The third kappa shape index (κ3) is 2.34. The second kappa shape index (κ2) is 5.35. The fourth-order valence-corrected chi connectivity index (χ4v) is 1.92. The lowest BCUT2D eigenvalue weighted by Gasteiger charge is -2.09. The van der Waals surface area contributed by atoms with Crippen molar-refractivity contribution >= 4 is 22.9 Å². The van der Waals surface area contributed by atoms with Gasteiger partial charge in [-0.2, -0.15) is 5.26 Å². The van der Waals surface area contributed by atoms with Crippen molar-refractivity contribution in [2.75, 3.05) is 0 Å². The normalized spacial score (nSPS) is 19.3. The first-order chi connectivity index (χ1) is 8.76. The van der Waals surface area contributed by atoms with Gasteiger partial charge < -0.3 is 5.21 Å². The monoisotopic (exact) mass is 256 g/mol. The molecule has 1 aliphatic rings. The van der Waals surface area contributed by atoms with Gasteiger partial charge in [0.15, 0.2) is 0 Å². The van der Waals surface area contributed by atoms with Gasteiger partial charge in [-0.25, -0.2) is 0 Å². The van der Waals surface area contributed by atoms with Crippen LogP contribution in [-0.2, 0) is 0 Å². The average Bonchev–Trinajstić information content (AvgIpc) is 2.42. The van der Waals surface area contributed by atoms with Crippen LogP contribution in [0.25, 0.3) is 5.57 Å². The van der Waals surface area contributed by atoms with Crippen LogP contribution in [0.4, 0.5) is 0 Å². The maximum atomic E-state index is 9.27. The molecule has 0 atom stereocenters. The number of rotatable bonds is 1. The van der Waals surface area contributed by atoms with Crippen molar-refractivity contribution in [2.24, 2.45) is 5.16 Å². The van der Waals surface area contributed by atoms with E-state index in [1.165, 1.54) is 6.08 Å². The molecule has 0 spiro atoms. The van der Waals surface area contributed by atoms with E-state index in [0.717, 1.165) is 5.56 Å². The number of halogens is 1. The van der Waals surface area contributed by atoms with Gasteiger partial charge in [0.05, 0.1) is 10.6 Å². The molecule has 1 aromatic rings. The highest BCUT2D eigenvalue weighted by molar-refractivity contribution is 6.36. The van der Waals surface area contributed by atoms with Crippen molar-refractivity contribution in [1.29, 1.82) is 5.26 Å². The van der Waals surface area contributed by atoms with Gasteiger partial charge in [-0.3, -0.25) is 0 Å². The van der Waals surface area contributed by atoms with Gasteiger partial charge >= 0.3 is 0 Å². The quantitative estimate of drug-likeness (QED) is 0.475. The SMILES string of the molecule is N#C/C(=C1C=C/C(=N/O)C=C\1Cl)c1ccccc1. The molecular formula is C14H9ClN2O. The second-order valence-electron chi connectivity index (χ2n) is 3.62.